The van der Waals surface area contributed by atoms with Gasteiger partial charge in [0, 0.05) is 50.1 Å². The summed E-state index contributed by atoms with van der Waals surface area (Å²) in [6, 6.07) is 17.5. The van der Waals surface area contributed by atoms with Crippen molar-refractivity contribution >= 4 is 21.6 Å². The Hall–Kier alpha value is -2.58. The number of anilines is 1. The van der Waals surface area contributed by atoms with Crippen LogP contribution in [0.2, 0.25) is 0 Å². The monoisotopic (exact) mass is 497 g/mol. The van der Waals surface area contributed by atoms with Crippen molar-refractivity contribution < 1.29 is 17.9 Å². The molecule has 188 valence electrons. The summed E-state index contributed by atoms with van der Waals surface area (Å²) in [5.74, 6) is 0. The number of benzene rings is 2. The van der Waals surface area contributed by atoms with E-state index in [4.69, 9.17) is 4.74 Å². The van der Waals surface area contributed by atoms with Crippen LogP contribution in [-0.2, 0) is 21.1 Å². The average Bonchev–Trinajstić information content (AvgIpc) is 2.76. The number of sulfone groups is 1. The fraction of sp³-hybridized carbons (Fsp3) is 0.519. The van der Waals surface area contributed by atoms with E-state index < -0.39 is 9.84 Å². The quantitative estimate of drug-likeness (QED) is 0.626. The lowest BCUT2D eigenvalue weighted by molar-refractivity contribution is -0.137. The Morgan fingerprint density at radius 2 is 1.57 bits per heavy atom. The molecular weight excluding hydrogens is 462 g/mol. The molecule has 0 aromatic heterocycles. The fourth-order valence-electron chi connectivity index (χ4n) is 6.10. The Balaban J connectivity index is 1.10. The molecule has 2 aromatic carbocycles. The number of amides is 1. The number of hydrogen-bond donors (Lipinski definition) is 0. The predicted octanol–water partition coefficient (Wildman–Crippen LogP) is 3.79. The number of piperazine rings is 1. The van der Waals surface area contributed by atoms with Gasteiger partial charge in [0.1, 0.15) is 6.10 Å². The normalized spacial score (nSPS) is 24.7. The van der Waals surface area contributed by atoms with Crippen molar-refractivity contribution in [3.63, 3.8) is 0 Å². The molecule has 2 heterocycles. The Labute approximate surface area is 208 Å². The molecule has 0 unspecified atom stereocenters. The van der Waals surface area contributed by atoms with Crippen molar-refractivity contribution in [2.45, 2.75) is 56.3 Å². The van der Waals surface area contributed by atoms with Gasteiger partial charge in [0.2, 0.25) is 0 Å². The molecule has 7 nitrogen and oxygen atoms in total. The highest BCUT2D eigenvalue weighted by atomic mass is 32.2. The number of rotatable bonds is 5. The fourth-order valence-corrected chi connectivity index (χ4v) is 6.74. The van der Waals surface area contributed by atoms with E-state index in [-0.39, 0.29) is 24.3 Å². The second-order valence-corrected chi connectivity index (χ2v) is 12.8. The van der Waals surface area contributed by atoms with Crippen LogP contribution in [0.15, 0.2) is 59.5 Å². The molecule has 2 aliphatic heterocycles. The third kappa shape index (κ3) is 5.05. The van der Waals surface area contributed by atoms with Gasteiger partial charge in [-0.25, -0.2) is 13.2 Å². The van der Waals surface area contributed by atoms with E-state index in [2.05, 4.69) is 34.1 Å². The zero-order chi connectivity index (χ0) is 24.8. The highest BCUT2D eigenvalue weighted by Crippen LogP contribution is 2.50. The second-order valence-electron chi connectivity index (χ2n) is 10.8. The van der Waals surface area contributed by atoms with Crippen molar-refractivity contribution in [3.8, 4) is 0 Å². The summed E-state index contributed by atoms with van der Waals surface area (Å²) in [7, 11) is -3.21. The van der Waals surface area contributed by atoms with E-state index >= 15 is 0 Å². The third-order valence-electron chi connectivity index (χ3n) is 7.72. The smallest absolute Gasteiger partial charge is 0.410 e. The van der Waals surface area contributed by atoms with Gasteiger partial charge in [-0.1, -0.05) is 30.3 Å². The van der Waals surface area contributed by atoms with Crippen LogP contribution >= 0.6 is 0 Å². The first kappa shape index (κ1) is 24.1. The van der Waals surface area contributed by atoms with Gasteiger partial charge in [0.05, 0.1) is 17.0 Å². The second kappa shape index (κ2) is 9.13. The van der Waals surface area contributed by atoms with Crippen LogP contribution in [0.5, 0.6) is 0 Å². The highest BCUT2D eigenvalue weighted by Gasteiger charge is 2.54. The maximum absolute atomic E-state index is 13.1. The van der Waals surface area contributed by atoms with E-state index in [1.165, 1.54) is 11.8 Å². The van der Waals surface area contributed by atoms with Crippen LogP contribution in [0.25, 0.3) is 0 Å². The van der Waals surface area contributed by atoms with Crippen LogP contribution < -0.4 is 4.90 Å². The molecule has 35 heavy (non-hydrogen) atoms. The van der Waals surface area contributed by atoms with Gasteiger partial charge in [-0.15, -0.1) is 0 Å². The molecule has 0 radical (unpaired) electrons. The zero-order valence-electron chi connectivity index (χ0n) is 20.8. The Morgan fingerprint density at radius 3 is 2.14 bits per heavy atom. The molecule has 5 rings (SSSR count). The summed E-state index contributed by atoms with van der Waals surface area (Å²) in [6.45, 7) is 8.61. The van der Waals surface area contributed by atoms with E-state index in [0.717, 1.165) is 38.2 Å². The minimum absolute atomic E-state index is 0.0000576. The van der Waals surface area contributed by atoms with Gasteiger partial charge in [-0.3, -0.25) is 9.80 Å². The molecule has 2 saturated heterocycles. The van der Waals surface area contributed by atoms with Gasteiger partial charge in [0.15, 0.2) is 9.84 Å². The van der Waals surface area contributed by atoms with Gasteiger partial charge in [-0.2, -0.15) is 0 Å². The number of ether oxygens (including phenoxy) is 1. The molecule has 2 aromatic rings. The van der Waals surface area contributed by atoms with Gasteiger partial charge >= 0.3 is 6.09 Å². The van der Waals surface area contributed by atoms with Crippen molar-refractivity contribution in [2.75, 3.05) is 37.3 Å². The Morgan fingerprint density at radius 1 is 0.971 bits per heavy atom. The van der Waals surface area contributed by atoms with E-state index in [1.54, 1.807) is 12.1 Å². The molecule has 8 heteroatoms. The van der Waals surface area contributed by atoms with E-state index in [1.807, 2.05) is 36.9 Å². The molecule has 1 amide bonds. The average molecular weight is 498 g/mol. The molecule has 1 saturated carbocycles. The first-order valence-corrected chi connectivity index (χ1v) is 14.3. The largest absolute Gasteiger partial charge is 0.446 e. The van der Waals surface area contributed by atoms with Gasteiger partial charge in [-0.05, 0) is 56.5 Å². The highest BCUT2D eigenvalue weighted by molar-refractivity contribution is 7.90. The number of hydrogen-bond acceptors (Lipinski definition) is 6. The van der Waals surface area contributed by atoms with Crippen molar-refractivity contribution in [2.24, 2.45) is 5.41 Å². The molecule has 0 N–H and O–H groups in total. The number of nitrogens with zero attached hydrogens (tertiary/aromatic N) is 3. The van der Waals surface area contributed by atoms with Gasteiger partial charge < -0.3 is 9.64 Å². The lowest BCUT2D eigenvalue weighted by Gasteiger charge is -2.58. The first-order valence-electron chi connectivity index (χ1n) is 12.4. The minimum atomic E-state index is -3.21. The number of carbonyl (C=O) groups is 1. The lowest BCUT2D eigenvalue weighted by Crippen LogP contribution is -2.64. The Bertz CT molecular complexity index is 1140. The zero-order valence-corrected chi connectivity index (χ0v) is 21.6. The van der Waals surface area contributed by atoms with Crippen molar-refractivity contribution in [3.05, 3.63) is 60.2 Å². The Kier molecular flexibility index (Phi) is 6.30. The summed E-state index contributed by atoms with van der Waals surface area (Å²) in [4.78, 5) is 19.9. The maximum atomic E-state index is 13.1. The lowest BCUT2D eigenvalue weighted by atomic mass is 9.61. The van der Waals surface area contributed by atoms with Crippen LogP contribution in [0.1, 0.15) is 32.3 Å². The van der Waals surface area contributed by atoms with Crippen LogP contribution in [0, 0.1) is 5.41 Å². The number of likely N-dealkylation sites (tertiary alicyclic amines) is 1. The SMILES string of the molecule is C[C@@H]1CN(c2ccc(S(C)(=O)=O)cc2)C[C@H](C)N1C(=O)OC1CC2(C1)CN(Cc1ccccc1)C2. The predicted molar refractivity (Wildman–Crippen MR) is 136 cm³/mol. The molecule has 2 atom stereocenters. The summed E-state index contributed by atoms with van der Waals surface area (Å²) in [6.07, 6.45) is 2.94. The van der Waals surface area contributed by atoms with Crippen LogP contribution in [0.4, 0.5) is 10.5 Å². The first-order chi connectivity index (χ1) is 16.6. The van der Waals surface area contributed by atoms with Crippen molar-refractivity contribution in [1.29, 1.82) is 0 Å². The molecule has 1 aliphatic carbocycles. The summed E-state index contributed by atoms with van der Waals surface area (Å²) < 4.78 is 29.4. The topological polar surface area (TPSA) is 70.2 Å². The van der Waals surface area contributed by atoms with E-state index in [0.29, 0.717) is 23.4 Å². The summed E-state index contributed by atoms with van der Waals surface area (Å²) in [5.41, 5.74) is 2.64. The summed E-state index contributed by atoms with van der Waals surface area (Å²) >= 11 is 0. The number of carbonyl (C=O) groups excluding carboxylic acids is 1. The van der Waals surface area contributed by atoms with Crippen molar-refractivity contribution in [1.82, 2.24) is 9.80 Å². The standard InChI is InChI=1S/C27H35N3O4S/c1-20-15-29(23-9-11-25(12-10-23)35(3,32)33)16-21(2)30(20)26(31)34-24-13-27(14-24)18-28(19-27)17-22-7-5-4-6-8-22/h4-12,20-21,24H,13-19H2,1-3H3/t20-,21+. The van der Waals surface area contributed by atoms with Crippen LogP contribution in [0.3, 0.4) is 0 Å². The minimum Gasteiger partial charge on any atom is -0.446 e. The third-order valence-corrected chi connectivity index (χ3v) is 8.84. The molecule has 3 fully saturated rings. The summed E-state index contributed by atoms with van der Waals surface area (Å²) in [5, 5.41) is 0. The maximum Gasteiger partial charge on any atom is 0.410 e. The molecule has 3 aliphatic rings. The van der Waals surface area contributed by atoms with Crippen LogP contribution in [-0.4, -0.2) is 74.9 Å². The molecular formula is C27H35N3O4S. The van der Waals surface area contributed by atoms with Gasteiger partial charge in [0.25, 0.3) is 0 Å². The molecule has 1 spiro atoms. The van der Waals surface area contributed by atoms with E-state index in [9.17, 15) is 13.2 Å². The molecule has 0 bridgehead atoms.